The predicted octanol–water partition coefficient (Wildman–Crippen LogP) is 4.95. The zero-order chi connectivity index (χ0) is 22.8. The van der Waals surface area contributed by atoms with Crippen molar-refractivity contribution in [1.29, 1.82) is 0 Å². The summed E-state index contributed by atoms with van der Waals surface area (Å²) in [6, 6.07) is 18.2. The Hall–Kier alpha value is -3.35. The van der Waals surface area contributed by atoms with Crippen LogP contribution in [-0.4, -0.2) is 42.8 Å². The number of carbonyl (C=O) groups excluding carboxylic acids is 3. The van der Waals surface area contributed by atoms with E-state index in [1.54, 1.807) is 55.6 Å². The van der Waals surface area contributed by atoms with Crippen molar-refractivity contribution in [2.45, 2.75) is 0 Å². The number of hydrogen-bond acceptors (Lipinski definition) is 4. The molecule has 0 saturated heterocycles. The monoisotopic (exact) mass is 468 g/mol. The topological polar surface area (TPSA) is 66.9 Å². The van der Waals surface area contributed by atoms with E-state index in [4.69, 9.17) is 27.9 Å². The van der Waals surface area contributed by atoms with Crippen LogP contribution in [0.4, 0.5) is 5.69 Å². The summed E-state index contributed by atoms with van der Waals surface area (Å²) >= 11 is 12.2. The summed E-state index contributed by atoms with van der Waals surface area (Å²) in [6.45, 7) is 0.110. The van der Waals surface area contributed by atoms with E-state index in [1.165, 1.54) is 23.1 Å². The number of halogens is 2. The van der Waals surface area contributed by atoms with Gasteiger partial charge in [-0.25, -0.2) is 0 Å². The van der Waals surface area contributed by atoms with E-state index in [-0.39, 0.29) is 30.8 Å². The number of fused-ring (bicyclic) bond motifs is 1. The lowest BCUT2D eigenvalue weighted by Crippen LogP contribution is -2.41. The summed E-state index contributed by atoms with van der Waals surface area (Å²) in [6.07, 6.45) is 0. The van der Waals surface area contributed by atoms with Crippen LogP contribution in [-0.2, 0) is 0 Å². The van der Waals surface area contributed by atoms with Crippen LogP contribution in [0.25, 0.3) is 0 Å². The minimum atomic E-state index is -0.376. The highest BCUT2D eigenvalue weighted by molar-refractivity contribution is 6.35. The molecule has 0 unspecified atom stereocenters. The Bertz CT molecular complexity index is 1160. The summed E-state index contributed by atoms with van der Waals surface area (Å²) in [4.78, 5) is 41.4. The highest BCUT2D eigenvalue weighted by Gasteiger charge is 2.35. The number of methoxy groups -OCH3 is 1. The molecule has 3 amide bonds. The molecule has 0 spiro atoms. The molecule has 162 valence electrons. The third-order valence-electron chi connectivity index (χ3n) is 5.16. The normalized spacial score (nSPS) is 12.7. The number of anilines is 1. The molecular weight excluding hydrogens is 451 g/mol. The number of carbonyl (C=O) groups is 3. The van der Waals surface area contributed by atoms with E-state index in [0.717, 1.165) is 4.90 Å². The van der Waals surface area contributed by atoms with Crippen molar-refractivity contribution >= 4 is 46.6 Å². The van der Waals surface area contributed by atoms with Gasteiger partial charge in [-0.15, -0.1) is 0 Å². The highest BCUT2D eigenvalue weighted by Crippen LogP contribution is 2.26. The predicted molar refractivity (Wildman–Crippen MR) is 123 cm³/mol. The molecule has 0 atom stereocenters. The van der Waals surface area contributed by atoms with Crippen LogP contribution in [0.3, 0.4) is 0 Å². The molecule has 0 fully saturated rings. The molecule has 32 heavy (non-hydrogen) atoms. The van der Waals surface area contributed by atoms with Crippen molar-refractivity contribution in [3.8, 4) is 5.75 Å². The van der Waals surface area contributed by atoms with E-state index in [9.17, 15) is 14.4 Å². The lowest BCUT2D eigenvalue weighted by atomic mass is 10.1. The number of benzene rings is 3. The Kier molecular flexibility index (Phi) is 6.17. The first kappa shape index (κ1) is 21.9. The van der Waals surface area contributed by atoms with E-state index in [2.05, 4.69) is 0 Å². The second-order valence-electron chi connectivity index (χ2n) is 7.12. The first-order chi connectivity index (χ1) is 15.4. The number of ether oxygens (including phenoxy) is 1. The minimum Gasteiger partial charge on any atom is -0.497 e. The fourth-order valence-corrected chi connectivity index (χ4v) is 4.11. The van der Waals surface area contributed by atoms with Crippen molar-refractivity contribution in [2.75, 3.05) is 25.1 Å². The average molecular weight is 469 g/mol. The molecule has 0 radical (unpaired) electrons. The Balaban J connectivity index is 1.63. The molecular formula is C24H18Cl2N2O4. The van der Waals surface area contributed by atoms with Crippen molar-refractivity contribution in [3.63, 3.8) is 0 Å². The summed E-state index contributed by atoms with van der Waals surface area (Å²) in [7, 11) is 1.55. The summed E-state index contributed by atoms with van der Waals surface area (Å²) in [5, 5.41) is 0.659. The fourth-order valence-electron chi connectivity index (χ4n) is 3.59. The first-order valence-electron chi connectivity index (χ1n) is 9.76. The number of rotatable bonds is 6. The molecule has 8 heteroatoms. The van der Waals surface area contributed by atoms with Crippen LogP contribution >= 0.6 is 23.2 Å². The van der Waals surface area contributed by atoms with Crippen molar-refractivity contribution in [1.82, 2.24) is 4.90 Å². The fraction of sp³-hybridized carbons (Fsp3) is 0.125. The summed E-state index contributed by atoms with van der Waals surface area (Å²) in [5.41, 5.74) is 1.59. The highest BCUT2D eigenvalue weighted by atomic mass is 35.5. The smallest absolute Gasteiger partial charge is 0.261 e. The lowest BCUT2D eigenvalue weighted by molar-refractivity contribution is 0.0654. The number of imide groups is 1. The maximum absolute atomic E-state index is 13.4. The molecule has 0 saturated carbocycles. The van der Waals surface area contributed by atoms with Gasteiger partial charge in [-0.3, -0.25) is 19.3 Å². The van der Waals surface area contributed by atoms with Crippen LogP contribution in [0, 0.1) is 0 Å². The maximum atomic E-state index is 13.4. The van der Waals surface area contributed by atoms with Crippen LogP contribution in [0.15, 0.2) is 66.7 Å². The summed E-state index contributed by atoms with van der Waals surface area (Å²) < 4.78 is 5.19. The van der Waals surface area contributed by atoms with Gasteiger partial charge in [0.15, 0.2) is 0 Å². The Morgan fingerprint density at radius 1 is 0.906 bits per heavy atom. The maximum Gasteiger partial charge on any atom is 0.261 e. The molecule has 1 heterocycles. The molecule has 0 aliphatic carbocycles. The van der Waals surface area contributed by atoms with Gasteiger partial charge in [0, 0.05) is 34.4 Å². The molecule has 3 aromatic carbocycles. The lowest BCUT2D eigenvalue weighted by Gasteiger charge is -2.25. The SMILES string of the molecule is COc1ccc(N(CCN2C(=O)c3ccccc3C2=O)C(=O)c2cc(Cl)cc(Cl)c2)cc1. The molecule has 0 N–H and O–H groups in total. The van der Waals surface area contributed by atoms with Gasteiger partial charge < -0.3 is 9.64 Å². The number of hydrogen-bond donors (Lipinski definition) is 0. The van der Waals surface area contributed by atoms with Crippen molar-refractivity contribution in [2.24, 2.45) is 0 Å². The Morgan fingerprint density at radius 2 is 1.47 bits per heavy atom. The molecule has 0 bridgehead atoms. The van der Waals surface area contributed by atoms with Crippen LogP contribution in [0.5, 0.6) is 5.75 Å². The van der Waals surface area contributed by atoms with Gasteiger partial charge in [0.25, 0.3) is 17.7 Å². The van der Waals surface area contributed by atoms with Crippen molar-refractivity contribution in [3.05, 3.63) is 93.5 Å². The number of nitrogens with zero attached hydrogens (tertiary/aromatic N) is 2. The zero-order valence-electron chi connectivity index (χ0n) is 17.0. The third-order valence-corrected chi connectivity index (χ3v) is 5.60. The van der Waals surface area contributed by atoms with E-state index in [1.807, 2.05) is 0 Å². The van der Waals surface area contributed by atoms with Crippen molar-refractivity contribution < 1.29 is 19.1 Å². The Morgan fingerprint density at radius 3 is 2.00 bits per heavy atom. The van der Waals surface area contributed by atoms with Crippen LogP contribution in [0.2, 0.25) is 10.0 Å². The van der Waals surface area contributed by atoms with Gasteiger partial charge in [-0.1, -0.05) is 35.3 Å². The van der Waals surface area contributed by atoms with Gasteiger partial charge in [0.2, 0.25) is 0 Å². The standard InChI is InChI=1S/C24H18Cl2N2O4/c1-32-19-8-6-18(7-9-19)27(22(29)15-12-16(25)14-17(26)13-15)10-11-28-23(30)20-4-2-3-5-21(20)24(28)31/h2-9,12-14H,10-11H2,1H3. The second-order valence-corrected chi connectivity index (χ2v) is 7.99. The molecule has 1 aliphatic rings. The average Bonchev–Trinajstić information content (AvgIpc) is 3.03. The first-order valence-corrected chi connectivity index (χ1v) is 10.5. The van der Waals surface area contributed by atoms with Gasteiger partial charge in [-0.2, -0.15) is 0 Å². The minimum absolute atomic E-state index is 0.0262. The Labute approximate surface area is 194 Å². The molecule has 0 aromatic heterocycles. The van der Waals surface area contributed by atoms with E-state index >= 15 is 0 Å². The van der Waals surface area contributed by atoms with Crippen LogP contribution in [0.1, 0.15) is 31.1 Å². The largest absolute Gasteiger partial charge is 0.497 e. The van der Waals surface area contributed by atoms with Gasteiger partial charge >= 0.3 is 0 Å². The molecule has 4 rings (SSSR count). The number of amides is 3. The zero-order valence-corrected chi connectivity index (χ0v) is 18.6. The van der Waals surface area contributed by atoms with Crippen LogP contribution < -0.4 is 9.64 Å². The third kappa shape index (κ3) is 4.20. The molecule has 6 nitrogen and oxygen atoms in total. The van der Waals surface area contributed by atoms with Gasteiger partial charge in [0.05, 0.1) is 18.2 Å². The second kappa shape index (κ2) is 9.02. The van der Waals surface area contributed by atoms with E-state index < -0.39 is 0 Å². The van der Waals surface area contributed by atoms with E-state index in [0.29, 0.717) is 38.2 Å². The quantitative estimate of drug-likeness (QED) is 0.480. The molecule has 1 aliphatic heterocycles. The van der Waals surface area contributed by atoms with Gasteiger partial charge in [0.1, 0.15) is 5.75 Å². The molecule has 3 aromatic rings. The van der Waals surface area contributed by atoms with Gasteiger partial charge in [-0.05, 0) is 54.6 Å². The summed E-state index contributed by atoms with van der Waals surface area (Å²) in [5.74, 6) is -0.486.